The zero-order valence-electron chi connectivity index (χ0n) is 20.1. The van der Waals surface area contributed by atoms with Gasteiger partial charge in [-0.3, -0.25) is 14.4 Å². The molecule has 0 fully saturated rings. The SMILES string of the molecule is COc1ccc(CNC(=O)C(=O)N/N=C\c2ccc(OCC(=O)Nc3ccc(Br)cc3)c(OC)c2)cc1. The molecule has 0 saturated heterocycles. The van der Waals surface area contributed by atoms with E-state index in [0.717, 1.165) is 10.0 Å². The zero-order chi connectivity index (χ0) is 26.6. The van der Waals surface area contributed by atoms with Crippen molar-refractivity contribution in [1.82, 2.24) is 10.7 Å². The first-order valence-electron chi connectivity index (χ1n) is 11.0. The van der Waals surface area contributed by atoms with Crippen LogP contribution in [0.1, 0.15) is 11.1 Å². The van der Waals surface area contributed by atoms with Crippen molar-refractivity contribution in [2.45, 2.75) is 6.54 Å². The monoisotopic (exact) mass is 568 g/mol. The van der Waals surface area contributed by atoms with Gasteiger partial charge in [-0.1, -0.05) is 28.1 Å². The average molecular weight is 569 g/mol. The van der Waals surface area contributed by atoms with E-state index >= 15 is 0 Å². The Balaban J connectivity index is 1.47. The molecule has 0 aliphatic carbocycles. The molecule has 0 aliphatic heterocycles. The van der Waals surface area contributed by atoms with Gasteiger partial charge in [0.2, 0.25) is 0 Å². The number of rotatable bonds is 10. The lowest BCUT2D eigenvalue weighted by molar-refractivity contribution is -0.139. The van der Waals surface area contributed by atoms with Crippen molar-refractivity contribution in [3.8, 4) is 17.2 Å². The van der Waals surface area contributed by atoms with Gasteiger partial charge >= 0.3 is 11.8 Å². The predicted molar refractivity (Wildman–Crippen MR) is 142 cm³/mol. The molecular weight excluding hydrogens is 544 g/mol. The summed E-state index contributed by atoms with van der Waals surface area (Å²) in [6, 6.07) is 19.1. The Morgan fingerprint density at radius 2 is 1.62 bits per heavy atom. The highest BCUT2D eigenvalue weighted by Gasteiger charge is 2.12. The van der Waals surface area contributed by atoms with Crippen molar-refractivity contribution < 1.29 is 28.6 Å². The fraction of sp³-hybridized carbons (Fsp3) is 0.154. The molecule has 3 amide bonds. The molecule has 0 atom stereocenters. The van der Waals surface area contributed by atoms with Crippen molar-refractivity contribution in [2.24, 2.45) is 5.10 Å². The van der Waals surface area contributed by atoms with Crippen molar-refractivity contribution >= 4 is 45.6 Å². The van der Waals surface area contributed by atoms with Crippen molar-refractivity contribution in [3.05, 3.63) is 82.3 Å². The van der Waals surface area contributed by atoms with Gasteiger partial charge in [-0.15, -0.1) is 0 Å². The molecule has 0 unspecified atom stereocenters. The number of halogens is 1. The van der Waals surface area contributed by atoms with Gasteiger partial charge in [0.15, 0.2) is 18.1 Å². The molecule has 0 heterocycles. The van der Waals surface area contributed by atoms with Crippen LogP contribution in [0.3, 0.4) is 0 Å². The third-order valence-corrected chi connectivity index (χ3v) is 5.40. The van der Waals surface area contributed by atoms with Gasteiger partial charge in [0.1, 0.15) is 5.75 Å². The van der Waals surface area contributed by atoms with Crippen molar-refractivity contribution in [3.63, 3.8) is 0 Å². The normalized spacial score (nSPS) is 10.5. The van der Waals surface area contributed by atoms with Gasteiger partial charge in [-0.2, -0.15) is 5.10 Å². The molecular formula is C26H25BrN4O6. The number of methoxy groups -OCH3 is 2. The van der Waals surface area contributed by atoms with Crippen LogP contribution < -0.4 is 30.3 Å². The van der Waals surface area contributed by atoms with E-state index in [4.69, 9.17) is 14.2 Å². The third-order valence-electron chi connectivity index (χ3n) is 4.87. The van der Waals surface area contributed by atoms with Gasteiger partial charge in [0, 0.05) is 16.7 Å². The lowest BCUT2D eigenvalue weighted by atomic mass is 10.2. The second-order valence-corrected chi connectivity index (χ2v) is 8.40. The molecule has 3 aromatic carbocycles. The minimum absolute atomic E-state index is 0.180. The van der Waals surface area contributed by atoms with E-state index in [2.05, 4.69) is 37.1 Å². The molecule has 3 rings (SSSR count). The number of ether oxygens (including phenoxy) is 3. The quantitative estimate of drug-likeness (QED) is 0.196. The maximum absolute atomic E-state index is 12.2. The van der Waals surface area contributed by atoms with Crippen LogP contribution in [0, 0.1) is 0 Å². The first-order chi connectivity index (χ1) is 17.9. The number of carbonyl (C=O) groups is 3. The van der Waals surface area contributed by atoms with Crippen LogP contribution in [0.15, 0.2) is 76.3 Å². The molecule has 37 heavy (non-hydrogen) atoms. The van der Waals surface area contributed by atoms with E-state index < -0.39 is 11.8 Å². The van der Waals surface area contributed by atoms with Crippen LogP contribution in [0.5, 0.6) is 17.2 Å². The summed E-state index contributed by atoms with van der Waals surface area (Å²) < 4.78 is 16.9. The minimum Gasteiger partial charge on any atom is -0.497 e. The highest BCUT2D eigenvalue weighted by molar-refractivity contribution is 9.10. The summed E-state index contributed by atoms with van der Waals surface area (Å²) >= 11 is 3.34. The molecule has 3 aromatic rings. The molecule has 3 N–H and O–H groups in total. The minimum atomic E-state index is -0.909. The van der Waals surface area contributed by atoms with E-state index in [9.17, 15) is 14.4 Å². The Morgan fingerprint density at radius 1 is 0.892 bits per heavy atom. The van der Waals surface area contributed by atoms with Gasteiger partial charge in [-0.05, 0) is 65.7 Å². The number of benzene rings is 3. The maximum Gasteiger partial charge on any atom is 0.329 e. The summed E-state index contributed by atoms with van der Waals surface area (Å²) in [6.07, 6.45) is 1.35. The molecule has 0 bridgehead atoms. The Bertz CT molecular complexity index is 1260. The first kappa shape index (κ1) is 27.2. The largest absolute Gasteiger partial charge is 0.497 e. The number of hydrogen-bond donors (Lipinski definition) is 3. The summed E-state index contributed by atoms with van der Waals surface area (Å²) in [7, 11) is 3.02. The summed E-state index contributed by atoms with van der Waals surface area (Å²) in [5.41, 5.74) is 4.20. The van der Waals surface area contributed by atoms with Crippen LogP contribution in [-0.4, -0.2) is 44.8 Å². The summed E-state index contributed by atoms with van der Waals surface area (Å²) in [4.78, 5) is 36.1. The number of nitrogens with one attached hydrogen (secondary N) is 3. The van der Waals surface area contributed by atoms with E-state index in [1.807, 2.05) is 12.1 Å². The number of amides is 3. The van der Waals surface area contributed by atoms with E-state index in [1.54, 1.807) is 61.7 Å². The molecule has 11 heteroatoms. The Morgan fingerprint density at radius 3 is 2.30 bits per heavy atom. The lowest BCUT2D eigenvalue weighted by Gasteiger charge is -2.11. The number of nitrogens with zero attached hydrogens (tertiary/aromatic N) is 1. The highest BCUT2D eigenvalue weighted by atomic mass is 79.9. The predicted octanol–water partition coefficient (Wildman–Crippen LogP) is 3.25. The molecule has 0 aromatic heterocycles. The second kappa shape index (κ2) is 13.6. The van der Waals surface area contributed by atoms with Crippen LogP contribution in [0.4, 0.5) is 5.69 Å². The van der Waals surface area contributed by atoms with E-state index in [-0.39, 0.29) is 19.1 Å². The van der Waals surface area contributed by atoms with Crippen molar-refractivity contribution in [2.75, 3.05) is 26.1 Å². The standard InChI is InChI=1S/C26H25BrN4O6/c1-35-21-10-3-17(4-11-21)14-28-25(33)26(34)31-29-15-18-5-12-22(23(13-18)36-2)37-16-24(32)30-20-8-6-19(27)7-9-20/h3-13,15H,14,16H2,1-2H3,(H,28,33)(H,30,32)(H,31,34)/b29-15-. The van der Waals surface area contributed by atoms with Crippen molar-refractivity contribution in [1.29, 1.82) is 0 Å². The Labute approximate surface area is 222 Å². The van der Waals surface area contributed by atoms with Crippen LogP contribution >= 0.6 is 15.9 Å². The molecule has 10 nitrogen and oxygen atoms in total. The van der Waals surface area contributed by atoms with Gasteiger partial charge in [0.25, 0.3) is 5.91 Å². The summed E-state index contributed by atoms with van der Waals surface area (Å²) in [5.74, 6) is -0.649. The molecule has 0 radical (unpaired) electrons. The smallest absolute Gasteiger partial charge is 0.329 e. The Hall–Kier alpha value is -4.38. The third kappa shape index (κ3) is 8.65. The fourth-order valence-electron chi connectivity index (χ4n) is 2.98. The van der Waals surface area contributed by atoms with Crippen LogP contribution in [0.2, 0.25) is 0 Å². The molecule has 0 saturated carbocycles. The van der Waals surface area contributed by atoms with E-state index in [0.29, 0.717) is 28.5 Å². The number of hydrogen-bond acceptors (Lipinski definition) is 7. The van der Waals surface area contributed by atoms with E-state index in [1.165, 1.54) is 13.3 Å². The Kier molecular flexibility index (Phi) is 10.0. The summed E-state index contributed by atoms with van der Waals surface area (Å²) in [5, 5.41) is 9.06. The number of carbonyl (C=O) groups excluding carboxylic acids is 3. The highest BCUT2D eigenvalue weighted by Crippen LogP contribution is 2.27. The molecule has 0 aliphatic rings. The van der Waals surface area contributed by atoms with Crippen LogP contribution in [0.25, 0.3) is 0 Å². The van der Waals surface area contributed by atoms with Gasteiger partial charge in [-0.25, -0.2) is 5.43 Å². The number of anilines is 1. The van der Waals surface area contributed by atoms with Gasteiger partial charge in [0.05, 0.1) is 20.4 Å². The summed E-state index contributed by atoms with van der Waals surface area (Å²) in [6.45, 7) is -0.0403. The average Bonchev–Trinajstić information content (AvgIpc) is 2.92. The lowest BCUT2D eigenvalue weighted by Crippen LogP contribution is -2.37. The molecule has 192 valence electrons. The maximum atomic E-state index is 12.2. The first-order valence-corrected chi connectivity index (χ1v) is 11.8. The number of hydrazone groups is 1. The fourth-order valence-corrected chi connectivity index (χ4v) is 3.24. The second-order valence-electron chi connectivity index (χ2n) is 7.48. The topological polar surface area (TPSA) is 127 Å². The molecule has 0 spiro atoms. The zero-order valence-corrected chi connectivity index (χ0v) is 21.7. The van der Waals surface area contributed by atoms with Crippen LogP contribution in [-0.2, 0) is 20.9 Å². The van der Waals surface area contributed by atoms with Gasteiger partial charge < -0.3 is 24.8 Å².